The van der Waals surface area contributed by atoms with E-state index in [0.29, 0.717) is 5.90 Å². The lowest BCUT2D eigenvalue weighted by atomic mass is 9.69. The summed E-state index contributed by atoms with van der Waals surface area (Å²) in [4.78, 5) is 4.81. The van der Waals surface area contributed by atoms with Crippen LogP contribution in [0.4, 0.5) is 0 Å². The van der Waals surface area contributed by atoms with Gasteiger partial charge in [-0.25, -0.2) is 0 Å². The van der Waals surface area contributed by atoms with E-state index in [1.54, 1.807) is 14.2 Å². The van der Waals surface area contributed by atoms with Crippen LogP contribution < -0.4 is 0 Å². The van der Waals surface area contributed by atoms with Crippen molar-refractivity contribution in [2.45, 2.75) is 11.3 Å². The standard InChI is InChI=1S/C24H23NO3/c1-26-23(27-2)18-28-22(25-23)24(19-12-6-3-7-13-19,20-14-8-4-9-15-20)21-16-10-5-11-17-21/h3-17H,18H2,1-2H3. The molecule has 4 rings (SSSR count). The highest BCUT2D eigenvalue weighted by molar-refractivity contribution is 5.97. The molecule has 0 N–H and O–H groups in total. The number of ether oxygens (including phenoxy) is 3. The van der Waals surface area contributed by atoms with Crippen LogP contribution >= 0.6 is 0 Å². The first kappa shape index (κ1) is 18.4. The average molecular weight is 373 g/mol. The van der Waals surface area contributed by atoms with E-state index >= 15 is 0 Å². The number of aliphatic imine (C=N–C) groups is 1. The quantitative estimate of drug-likeness (QED) is 0.475. The summed E-state index contributed by atoms with van der Waals surface area (Å²) >= 11 is 0. The van der Waals surface area contributed by atoms with E-state index < -0.39 is 11.3 Å². The molecule has 0 aromatic heterocycles. The predicted molar refractivity (Wildman–Crippen MR) is 109 cm³/mol. The Labute approximate surface area is 165 Å². The summed E-state index contributed by atoms with van der Waals surface area (Å²) in [6.07, 6.45) is 0. The van der Waals surface area contributed by atoms with Crippen LogP contribution in [-0.2, 0) is 19.6 Å². The molecular weight excluding hydrogens is 350 g/mol. The number of rotatable bonds is 6. The number of methoxy groups -OCH3 is 2. The van der Waals surface area contributed by atoms with E-state index in [4.69, 9.17) is 19.2 Å². The molecular formula is C24H23NO3. The molecule has 0 fully saturated rings. The third-order valence-corrected chi connectivity index (χ3v) is 5.24. The topological polar surface area (TPSA) is 40.0 Å². The van der Waals surface area contributed by atoms with Crippen LogP contribution in [0, 0.1) is 0 Å². The van der Waals surface area contributed by atoms with Crippen molar-refractivity contribution >= 4 is 5.90 Å². The second-order valence-corrected chi connectivity index (χ2v) is 6.67. The normalized spacial score (nSPS) is 15.7. The van der Waals surface area contributed by atoms with E-state index in [9.17, 15) is 0 Å². The Hall–Kier alpha value is -2.95. The summed E-state index contributed by atoms with van der Waals surface area (Å²) in [6, 6.07) is 30.8. The van der Waals surface area contributed by atoms with E-state index in [2.05, 4.69) is 36.4 Å². The summed E-state index contributed by atoms with van der Waals surface area (Å²) < 4.78 is 17.3. The minimum Gasteiger partial charge on any atom is -0.472 e. The highest BCUT2D eigenvalue weighted by atomic mass is 16.7. The Bertz CT molecular complexity index is 839. The van der Waals surface area contributed by atoms with Crippen molar-refractivity contribution in [2.75, 3.05) is 20.8 Å². The molecule has 0 atom stereocenters. The van der Waals surface area contributed by atoms with Gasteiger partial charge in [-0.05, 0) is 16.7 Å². The van der Waals surface area contributed by atoms with Gasteiger partial charge >= 0.3 is 5.91 Å². The van der Waals surface area contributed by atoms with Crippen molar-refractivity contribution in [3.05, 3.63) is 108 Å². The molecule has 0 bridgehead atoms. The van der Waals surface area contributed by atoms with E-state index in [1.165, 1.54) is 0 Å². The van der Waals surface area contributed by atoms with Crippen molar-refractivity contribution in [3.63, 3.8) is 0 Å². The van der Waals surface area contributed by atoms with Crippen LogP contribution in [0.2, 0.25) is 0 Å². The summed E-state index contributed by atoms with van der Waals surface area (Å²) in [7, 11) is 3.16. The van der Waals surface area contributed by atoms with Crippen LogP contribution in [0.1, 0.15) is 16.7 Å². The van der Waals surface area contributed by atoms with Crippen molar-refractivity contribution in [3.8, 4) is 0 Å². The Morgan fingerprint density at radius 2 is 1.11 bits per heavy atom. The molecule has 0 amide bonds. The van der Waals surface area contributed by atoms with Crippen molar-refractivity contribution in [1.82, 2.24) is 0 Å². The zero-order chi connectivity index (χ0) is 19.5. The zero-order valence-electron chi connectivity index (χ0n) is 16.0. The van der Waals surface area contributed by atoms with Gasteiger partial charge in [0.15, 0.2) is 6.61 Å². The second kappa shape index (κ2) is 7.58. The lowest BCUT2D eigenvalue weighted by molar-refractivity contribution is -0.205. The van der Waals surface area contributed by atoms with Crippen LogP contribution in [0.3, 0.4) is 0 Å². The third kappa shape index (κ3) is 2.91. The van der Waals surface area contributed by atoms with Crippen molar-refractivity contribution < 1.29 is 14.2 Å². The minimum absolute atomic E-state index is 0.198. The van der Waals surface area contributed by atoms with Crippen molar-refractivity contribution in [2.24, 2.45) is 4.99 Å². The fourth-order valence-electron chi connectivity index (χ4n) is 3.80. The van der Waals surface area contributed by atoms with E-state index in [1.807, 2.05) is 54.6 Å². The van der Waals surface area contributed by atoms with E-state index in [0.717, 1.165) is 16.7 Å². The summed E-state index contributed by atoms with van der Waals surface area (Å²) in [6.45, 7) is 0.198. The number of hydrogen-bond donors (Lipinski definition) is 0. The van der Waals surface area contributed by atoms with Gasteiger partial charge in [-0.15, -0.1) is 0 Å². The maximum absolute atomic E-state index is 6.18. The summed E-state index contributed by atoms with van der Waals surface area (Å²) in [5.41, 5.74) is 2.47. The van der Waals surface area contributed by atoms with Gasteiger partial charge in [0.25, 0.3) is 0 Å². The third-order valence-electron chi connectivity index (χ3n) is 5.24. The van der Waals surface area contributed by atoms with Gasteiger partial charge in [0, 0.05) is 14.2 Å². The average Bonchev–Trinajstić information content (AvgIpc) is 3.22. The first-order chi connectivity index (χ1) is 13.7. The molecule has 0 saturated carbocycles. The fourth-order valence-corrected chi connectivity index (χ4v) is 3.80. The largest absolute Gasteiger partial charge is 0.472 e. The number of hydrogen-bond acceptors (Lipinski definition) is 4. The molecule has 142 valence electrons. The van der Waals surface area contributed by atoms with Crippen LogP contribution in [0.5, 0.6) is 0 Å². The Morgan fingerprint density at radius 3 is 1.43 bits per heavy atom. The highest BCUT2D eigenvalue weighted by Gasteiger charge is 2.49. The van der Waals surface area contributed by atoms with Gasteiger partial charge in [0.05, 0.1) is 0 Å². The molecule has 0 spiro atoms. The molecule has 1 heterocycles. The number of benzene rings is 3. The smallest absolute Gasteiger partial charge is 0.307 e. The minimum atomic E-state index is -1.14. The monoisotopic (exact) mass is 373 g/mol. The van der Waals surface area contributed by atoms with Gasteiger partial charge < -0.3 is 14.2 Å². The summed E-state index contributed by atoms with van der Waals surface area (Å²) in [5.74, 6) is -0.585. The first-order valence-corrected chi connectivity index (χ1v) is 9.25. The zero-order valence-corrected chi connectivity index (χ0v) is 16.0. The van der Waals surface area contributed by atoms with Crippen LogP contribution in [0.15, 0.2) is 96.0 Å². The molecule has 4 nitrogen and oxygen atoms in total. The second-order valence-electron chi connectivity index (χ2n) is 6.67. The van der Waals surface area contributed by atoms with E-state index in [-0.39, 0.29) is 6.61 Å². The van der Waals surface area contributed by atoms with Crippen LogP contribution in [-0.4, -0.2) is 32.6 Å². The fraction of sp³-hybridized carbons (Fsp3) is 0.208. The lowest BCUT2D eigenvalue weighted by Gasteiger charge is -2.34. The Morgan fingerprint density at radius 1 is 0.714 bits per heavy atom. The molecule has 1 aliphatic heterocycles. The highest BCUT2D eigenvalue weighted by Crippen LogP contribution is 2.43. The maximum atomic E-state index is 6.18. The molecule has 0 radical (unpaired) electrons. The van der Waals surface area contributed by atoms with Gasteiger partial charge in [-0.1, -0.05) is 91.0 Å². The van der Waals surface area contributed by atoms with Gasteiger partial charge in [-0.3, -0.25) is 0 Å². The SMILES string of the molecule is COC1(OC)COC(C(c2ccccc2)(c2ccccc2)c2ccccc2)=N1. The molecule has 1 aliphatic rings. The summed E-state index contributed by atoms with van der Waals surface area (Å²) in [5, 5.41) is 0. The molecule has 0 saturated heterocycles. The molecule has 3 aromatic rings. The van der Waals surface area contributed by atoms with Crippen LogP contribution in [0.25, 0.3) is 0 Å². The lowest BCUT2D eigenvalue weighted by Crippen LogP contribution is -2.39. The molecule has 28 heavy (non-hydrogen) atoms. The molecule has 3 aromatic carbocycles. The molecule has 0 aliphatic carbocycles. The molecule has 0 unspecified atom stereocenters. The van der Waals surface area contributed by atoms with Gasteiger partial charge in [0.1, 0.15) is 5.41 Å². The first-order valence-electron chi connectivity index (χ1n) is 9.25. The van der Waals surface area contributed by atoms with Gasteiger partial charge in [0.2, 0.25) is 5.90 Å². The Kier molecular flexibility index (Phi) is 4.99. The maximum Gasteiger partial charge on any atom is 0.307 e. The molecule has 4 heteroatoms. The predicted octanol–water partition coefficient (Wildman–Crippen LogP) is 4.40. The van der Waals surface area contributed by atoms with Crippen molar-refractivity contribution in [1.29, 1.82) is 0 Å². The van der Waals surface area contributed by atoms with Gasteiger partial charge in [-0.2, -0.15) is 4.99 Å². The number of nitrogens with zero attached hydrogens (tertiary/aromatic N) is 1. The Balaban J connectivity index is 2.06.